The molecule has 4 aliphatic carbocycles. The van der Waals surface area contributed by atoms with E-state index < -0.39 is 8.45 Å². The summed E-state index contributed by atoms with van der Waals surface area (Å²) >= 11 is 0. The SMILES string of the molecule is C[C@@H]1[C@@H](N=C[C]2[CH][CH][CH][C]2CO[P@]2N(c3ccccc3)C[C@@H]3CCCN32)C[C@H]2C[C@@H]1C2(C)C. The molecule has 175 valence electrons. The van der Waals surface area contributed by atoms with E-state index in [9.17, 15) is 0 Å². The van der Waals surface area contributed by atoms with E-state index in [-0.39, 0.29) is 0 Å². The first-order valence-corrected chi connectivity index (χ1v) is 14.0. The van der Waals surface area contributed by atoms with Crippen LogP contribution in [0.2, 0.25) is 0 Å². The first kappa shape index (κ1) is 22.5. The molecule has 5 heteroatoms. The van der Waals surface area contributed by atoms with Crippen LogP contribution in [0.25, 0.3) is 0 Å². The predicted molar refractivity (Wildman–Crippen MR) is 137 cm³/mol. The molecular weight excluding hydrogens is 425 g/mol. The van der Waals surface area contributed by atoms with Crippen molar-refractivity contribution in [3.05, 3.63) is 61.4 Å². The molecule has 2 heterocycles. The average molecular weight is 463 g/mol. The van der Waals surface area contributed by atoms with Gasteiger partial charge in [0, 0.05) is 42.9 Å². The molecule has 4 saturated carbocycles. The molecule has 0 unspecified atom stereocenters. The summed E-state index contributed by atoms with van der Waals surface area (Å²) in [5, 5.41) is 0. The standard InChI is InChI=1S/C28H37N3OP/c1-20-26-15-23(28(26,2)3)16-27(20)29-17-21-9-7-10-22(21)19-32-33-30-14-8-13-25(30)18-31(33)24-11-5-4-6-12-24/h4-7,9-12,17,20,23,25-27H,8,13-16,18-19H2,1-3H3/t20-,23+,25-,26-,27-,33-/m0/s1. The number of nitrogens with zero attached hydrogens (tertiary/aromatic N) is 3. The number of para-hydroxylation sites is 1. The van der Waals surface area contributed by atoms with Crippen molar-refractivity contribution in [2.75, 3.05) is 24.4 Å². The lowest BCUT2D eigenvalue weighted by molar-refractivity contribution is -0.108. The lowest BCUT2D eigenvalue weighted by Gasteiger charge is -2.61. The molecule has 6 aliphatic rings. The van der Waals surface area contributed by atoms with Crippen molar-refractivity contribution >= 4 is 20.4 Å². The van der Waals surface area contributed by atoms with Gasteiger partial charge in [-0.25, -0.2) is 4.67 Å². The van der Waals surface area contributed by atoms with Crippen molar-refractivity contribution in [3.63, 3.8) is 0 Å². The van der Waals surface area contributed by atoms with Crippen molar-refractivity contribution in [1.82, 2.24) is 4.67 Å². The largest absolute Gasteiger partial charge is 0.326 e. The van der Waals surface area contributed by atoms with Gasteiger partial charge in [0.25, 0.3) is 0 Å². The molecule has 33 heavy (non-hydrogen) atoms. The van der Waals surface area contributed by atoms with E-state index in [1.165, 1.54) is 43.2 Å². The summed E-state index contributed by atoms with van der Waals surface area (Å²) < 4.78 is 11.8. The molecule has 0 N–H and O–H groups in total. The first-order chi connectivity index (χ1) is 16.0. The number of hydrogen-bond acceptors (Lipinski definition) is 4. The highest BCUT2D eigenvalue weighted by atomic mass is 31.2. The fourth-order valence-electron chi connectivity index (χ4n) is 6.94. The van der Waals surface area contributed by atoms with Crippen LogP contribution in [-0.2, 0) is 4.52 Å². The van der Waals surface area contributed by atoms with E-state index in [0.29, 0.717) is 30.0 Å². The van der Waals surface area contributed by atoms with E-state index in [2.05, 4.69) is 85.9 Å². The summed E-state index contributed by atoms with van der Waals surface area (Å²) in [5.74, 6) is 4.88. The Morgan fingerprint density at radius 1 is 1.18 bits per heavy atom. The molecule has 6 fully saturated rings. The van der Waals surface area contributed by atoms with Crippen LogP contribution in [0, 0.1) is 54.3 Å². The van der Waals surface area contributed by atoms with Crippen LogP contribution in [-0.4, -0.2) is 42.7 Å². The summed E-state index contributed by atoms with van der Waals surface area (Å²) in [5.41, 5.74) is 1.81. The van der Waals surface area contributed by atoms with E-state index in [4.69, 9.17) is 9.52 Å². The highest BCUT2D eigenvalue weighted by molar-refractivity contribution is 7.52. The van der Waals surface area contributed by atoms with Crippen LogP contribution in [0.5, 0.6) is 0 Å². The monoisotopic (exact) mass is 462 g/mol. The van der Waals surface area contributed by atoms with Gasteiger partial charge < -0.3 is 9.19 Å². The molecule has 0 spiro atoms. The topological polar surface area (TPSA) is 28.1 Å². The van der Waals surface area contributed by atoms with Crippen LogP contribution in [0.4, 0.5) is 5.69 Å². The van der Waals surface area contributed by atoms with Crippen molar-refractivity contribution in [2.24, 2.45) is 28.2 Å². The minimum atomic E-state index is -0.760. The Labute approximate surface area is 202 Å². The summed E-state index contributed by atoms with van der Waals surface area (Å²) in [6, 6.07) is 11.9. The molecule has 0 amide bonds. The molecule has 6 atom stereocenters. The van der Waals surface area contributed by atoms with Gasteiger partial charge in [0.05, 0.1) is 12.6 Å². The predicted octanol–water partition coefficient (Wildman–Crippen LogP) is 6.13. The molecule has 1 aromatic carbocycles. The fourth-order valence-corrected chi connectivity index (χ4v) is 9.20. The minimum Gasteiger partial charge on any atom is -0.326 e. The van der Waals surface area contributed by atoms with Crippen molar-refractivity contribution in [3.8, 4) is 0 Å². The fraction of sp³-hybridized carbons (Fsp3) is 0.571. The van der Waals surface area contributed by atoms with Crippen LogP contribution in [0.1, 0.15) is 46.5 Å². The molecule has 2 bridgehead atoms. The maximum atomic E-state index is 6.69. The lowest BCUT2D eigenvalue weighted by Crippen LogP contribution is -2.56. The van der Waals surface area contributed by atoms with Crippen LogP contribution >= 0.6 is 8.45 Å². The van der Waals surface area contributed by atoms with E-state index in [0.717, 1.165) is 24.9 Å². The van der Waals surface area contributed by atoms with Crippen LogP contribution < -0.4 is 4.67 Å². The first-order valence-electron chi connectivity index (χ1n) is 12.8. The van der Waals surface area contributed by atoms with Gasteiger partial charge in [0.15, 0.2) is 0 Å². The summed E-state index contributed by atoms with van der Waals surface area (Å²) in [4.78, 5) is 5.11. The maximum absolute atomic E-state index is 6.69. The minimum absolute atomic E-state index is 0.476. The Morgan fingerprint density at radius 2 is 2.03 bits per heavy atom. The third kappa shape index (κ3) is 3.99. The number of fused-ring (bicyclic) bond motifs is 3. The lowest BCUT2D eigenvalue weighted by atomic mass is 9.45. The van der Waals surface area contributed by atoms with Crippen molar-refractivity contribution in [1.29, 1.82) is 0 Å². The molecule has 1 aromatic rings. The Balaban J connectivity index is 1.09. The zero-order valence-electron chi connectivity index (χ0n) is 20.2. The van der Waals surface area contributed by atoms with E-state index in [1.807, 2.05) is 0 Å². The van der Waals surface area contributed by atoms with Crippen molar-refractivity contribution in [2.45, 2.75) is 58.5 Å². The quantitative estimate of drug-likeness (QED) is 0.376. The van der Waals surface area contributed by atoms with E-state index in [1.54, 1.807) is 0 Å². The van der Waals surface area contributed by atoms with Gasteiger partial charge in [-0.2, -0.15) is 0 Å². The Kier molecular flexibility index (Phi) is 6.08. The Bertz CT molecular complexity index is 860. The number of benzene rings is 1. The summed E-state index contributed by atoms with van der Waals surface area (Å²) in [6.45, 7) is 10.3. The van der Waals surface area contributed by atoms with Gasteiger partial charge in [-0.1, -0.05) is 39.0 Å². The van der Waals surface area contributed by atoms with E-state index >= 15 is 0 Å². The summed E-state index contributed by atoms with van der Waals surface area (Å²) in [7, 11) is -0.760. The smallest absolute Gasteiger partial charge is 0.218 e. The molecular formula is C28H37N3OP. The molecule has 2 aliphatic heterocycles. The van der Waals surface area contributed by atoms with Gasteiger partial charge in [-0.15, -0.1) is 0 Å². The summed E-state index contributed by atoms with van der Waals surface area (Å²) in [6.07, 6.45) is 14.0. The van der Waals surface area contributed by atoms with Crippen molar-refractivity contribution < 1.29 is 4.52 Å². The second kappa shape index (κ2) is 8.92. The highest BCUT2D eigenvalue weighted by Crippen LogP contribution is 2.62. The second-order valence-electron chi connectivity index (χ2n) is 11.2. The third-order valence-corrected chi connectivity index (χ3v) is 11.3. The Morgan fingerprint density at radius 3 is 2.82 bits per heavy atom. The van der Waals surface area contributed by atoms with Gasteiger partial charge >= 0.3 is 0 Å². The number of hydrogen-bond donors (Lipinski definition) is 0. The van der Waals surface area contributed by atoms with Gasteiger partial charge in [0.2, 0.25) is 8.45 Å². The molecule has 2 saturated heterocycles. The normalized spacial score (nSPS) is 38.8. The van der Waals surface area contributed by atoms with Gasteiger partial charge in [0.1, 0.15) is 0 Å². The third-order valence-electron chi connectivity index (χ3n) is 9.21. The molecule has 4 nitrogen and oxygen atoms in total. The van der Waals surface area contributed by atoms with Gasteiger partial charge in [-0.3, -0.25) is 4.99 Å². The average Bonchev–Trinajstić information content (AvgIpc) is 3.53. The van der Waals surface area contributed by atoms with Crippen LogP contribution in [0.15, 0.2) is 35.3 Å². The zero-order valence-corrected chi connectivity index (χ0v) is 21.1. The second-order valence-corrected chi connectivity index (χ2v) is 13.0. The Hall–Kier alpha value is -0.960. The number of aliphatic imine (C=N–C) groups is 1. The molecule has 7 rings (SSSR count). The highest BCUT2D eigenvalue weighted by Gasteiger charge is 2.56. The van der Waals surface area contributed by atoms with Crippen LogP contribution in [0.3, 0.4) is 0 Å². The molecule has 0 aromatic heterocycles. The number of anilines is 1. The maximum Gasteiger partial charge on any atom is 0.218 e. The zero-order chi connectivity index (χ0) is 22.6. The molecule has 5 radical (unpaired) electrons. The number of rotatable bonds is 6. The van der Waals surface area contributed by atoms with Gasteiger partial charge in [-0.05, 0) is 80.2 Å².